The van der Waals surface area contributed by atoms with Crippen LogP contribution in [0.5, 0.6) is 0 Å². The van der Waals surface area contributed by atoms with E-state index < -0.39 is 0 Å². The van der Waals surface area contributed by atoms with E-state index in [2.05, 4.69) is 10.6 Å². The molecule has 5 heteroatoms. The van der Waals surface area contributed by atoms with Gasteiger partial charge in [-0.2, -0.15) is 0 Å². The fourth-order valence-electron chi connectivity index (χ4n) is 2.75. The van der Waals surface area contributed by atoms with Crippen molar-refractivity contribution in [3.8, 4) is 0 Å². The molecule has 0 spiro atoms. The number of amides is 1. The highest BCUT2D eigenvalue weighted by Crippen LogP contribution is 2.32. The Bertz CT molecular complexity index is 694. The van der Waals surface area contributed by atoms with Crippen LogP contribution in [-0.4, -0.2) is 13.0 Å². The number of halogens is 1. The van der Waals surface area contributed by atoms with E-state index >= 15 is 0 Å². The third kappa shape index (κ3) is 2.45. The zero-order chi connectivity index (χ0) is 15.0. The predicted octanol–water partition coefficient (Wildman–Crippen LogP) is 2.92. The van der Waals surface area contributed by atoms with Crippen LogP contribution in [0.2, 0.25) is 0 Å². The van der Waals surface area contributed by atoms with Gasteiger partial charge in [0.25, 0.3) is 0 Å². The van der Waals surface area contributed by atoms with Gasteiger partial charge in [0.1, 0.15) is 11.6 Å². The molecule has 0 aliphatic carbocycles. The average Bonchev–Trinajstić information content (AvgIpc) is 2.87. The van der Waals surface area contributed by atoms with Crippen molar-refractivity contribution in [3.05, 3.63) is 52.7 Å². The van der Waals surface area contributed by atoms with Crippen LogP contribution in [0.1, 0.15) is 34.9 Å². The van der Waals surface area contributed by atoms with Gasteiger partial charge in [0.05, 0.1) is 12.3 Å². The standard InChI is InChI=1S/C16H17FN2O2/c1-9-5-6-21-16(9)15(18-2)11-7-10-3-4-14(20)19-13(10)8-12(11)17/h5-8,15,18H,3-4H2,1-2H3,(H,19,20). The fraction of sp³-hybridized carbons (Fsp3) is 0.312. The molecule has 4 nitrogen and oxygen atoms in total. The Labute approximate surface area is 122 Å². The first-order valence-corrected chi connectivity index (χ1v) is 6.93. The maximum Gasteiger partial charge on any atom is 0.224 e. The van der Waals surface area contributed by atoms with E-state index in [9.17, 15) is 9.18 Å². The molecule has 110 valence electrons. The van der Waals surface area contributed by atoms with Crippen molar-refractivity contribution < 1.29 is 13.6 Å². The van der Waals surface area contributed by atoms with E-state index in [0.717, 1.165) is 11.1 Å². The number of hydrogen-bond acceptors (Lipinski definition) is 3. The molecule has 0 radical (unpaired) electrons. The zero-order valence-electron chi connectivity index (χ0n) is 12.0. The number of nitrogens with one attached hydrogen (secondary N) is 2. The Kier molecular flexibility index (Phi) is 3.51. The number of anilines is 1. The largest absolute Gasteiger partial charge is 0.467 e. The van der Waals surface area contributed by atoms with Crippen LogP contribution in [0.3, 0.4) is 0 Å². The number of aryl methyl sites for hydroxylation is 2. The predicted molar refractivity (Wildman–Crippen MR) is 77.7 cm³/mol. The van der Waals surface area contributed by atoms with Crippen LogP contribution in [0.15, 0.2) is 28.9 Å². The van der Waals surface area contributed by atoms with Crippen molar-refractivity contribution in [2.45, 2.75) is 25.8 Å². The van der Waals surface area contributed by atoms with E-state index in [1.807, 2.05) is 19.1 Å². The molecule has 2 N–H and O–H groups in total. The molecular weight excluding hydrogens is 271 g/mol. The summed E-state index contributed by atoms with van der Waals surface area (Å²) in [6.45, 7) is 1.93. The lowest BCUT2D eigenvalue weighted by Crippen LogP contribution is -2.22. The summed E-state index contributed by atoms with van der Waals surface area (Å²) in [4.78, 5) is 11.4. The van der Waals surface area contributed by atoms with Gasteiger partial charge in [0.2, 0.25) is 5.91 Å². The van der Waals surface area contributed by atoms with Gasteiger partial charge < -0.3 is 15.1 Å². The molecule has 1 aromatic heterocycles. The van der Waals surface area contributed by atoms with Crippen molar-refractivity contribution in [1.29, 1.82) is 0 Å². The first kappa shape index (κ1) is 13.8. The molecule has 3 rings (SSSR count). The minimum absolute atomic E-state index is 0.0679. The quantitative estimate of drug-likeness (QED) is 0.913. The molecule has 0 saturated heterocycles. The summed E-state index contributed by atoms with van der Waals surface area (Å²) in [5, 5.41) is 5.81. The number of carbonyl (C=O) groups is 1. The van der Waals surface area contributed by atoms with Crippen LogP contribution >= 0.6 is 0 Å². The molecule has 21 heavy (non-hydrogen) atoms. The summed E-state index contributed by atoms with van der Waals surface area (Å²) in [5.74, 6) is 0.281. The minimum Gasteiger partial charge on any atom is -0.467 e. The Balaban J connectivity index is 2.05. The summed E-state index contributed by atoms with van der Waals surface area (Å²) < 4.78 is 19.9. The van der Waals surface area contributed by atoms with Gasteiger partial charge >= 0.3 is 0 Å². The normalized spacial score (nSPS) is 15.5. The first-order chi connectivity index (χ1) is 10.1. The number of rotatable bonds is 3. The highest BCUT2D eigenvalue weighted by molar-refractivity contribution is 5.93. The van der Waals surface area contributed by atoms with Gasteiger partial charge in [0.15, 0.2) is 0 Å². The Morgan fingerprint density at radius 1 is 1.38 bits per heavy atom. The molecule has 1 aliphatic heterocycles. The van der Waals surface area contributed by atoms with E-state index in [-0.39, 0.29) is 17.8 Å². The van der Waals surface area contributed by atoms with E-state index in [1.54, 1.807) is 13.3 Å². The minimum atomic E-state index is -0.355. The van der Waals surface area contributed by atoms with E-state index in [0.29, 0.717) is 29.9 Å². The lowest BCUT2D eigenvalue weighted by molar-refractivity contribution is -0.116. The van der Waals surface area contributed by atoms with Crippen molar-refractivity contribution in [2.75, 3.05) is 12.4 Å². The van der Waals surface area contributed by atoms with Crippen molar-refractivity contribution in [2.24, 2.45) is 0 Å². The van der Waals surface area contributed by atoms with Crippen molar-refractivity contribution in [3.63, 3.8) is 0 Å². The van der Waals surface area contributed by atoms with Gasteiger partial charge in [0, 0.05) is 17.7 Å². The second-order valence-corrected chi connectivity index (χ2v) is 5.27. The summed E-state index contributed by atoms with van der Waals surface area (Å²) >= 11 is 0. The molecule has 1 amide bonds. The topological polar surface area (TPSA) is 54.3 Å². The highest BCUT2D eigenvalue weighted by Gasteiger charge is 2.24. The van der Waals surface area contributed by atoms with Gasteiger partial charge in [-0.3, -0.25) is 4.79 Å². The fourth-order valence-corrected chi connectivity index (χ4v) is 2.75. The second kappa shape index (κ2) is 5.33. The summed E-state index contributed by atoms with van der Waals surface area (Å²) in [6.07, 6.45) is 2.66. The van der Waals surface area contributed by atoms with Crippen LogP contribution in [-0.2, 0) is 11.2 Å². The number of furan rings is 1. The maximum atomic E-state index is 14.4. The molecule has 1 aliphatic rings. The molecule has 0 fully saturated rings. The SMILES string of the molecule is CNC(c1cc2c(cc1F)NC(=O)CC2)c1occc1C. The molecule has 0 saturated carbocycles. The number of benzene rings is 1. The first-order valence-electron chi connectivity index (χ1n) is 6.93. The second-order valence-electron chi connectivity index (χ2n) is 5.27. The van der Waals surface area contributed by atoms with Crippen LogP contribution in [0, 0.1) is 12.7 Å². The molecule has 1 atom stereocenters. The number of fused-ring (bicyclic) bond motifs is 1. The third-order valence-electron chi connectivity index (χ3n) is 3.88. The van der Waals surface area contributed by atoms with Crippen LogP contribution < -0.4 is 10.6 Å². The van der Waals surface area contributed by atoms with Crippen molar-refractivity contribution in [1.82, 2.24) is 5.32 Å². The van der Waals surface area contributed by atoms with Gasteiger partial charge in [-0.25, -0.2) is 4.39 Å². The Hall–Kier alpha value is -2.14. The van der Waals surface area contributed by atoms with Crippen LogP contribution in [0.4, 0.5) is 10.1 Å². The molecule has 0 bridgehead atoms. The van der Waals surface area contributed by atoms with Gasteiger partial charge in [-0.1, -0.05) is 0 Å². The Morgan fingerprint density at radius 3 is 2.86 bits per heavy atom. The van der Waals surface area contributed by atoms with E-state index in [1.165, 1.54) is 6.07 Å². The molecule has 2 heterocycles. The summed E-state index contributed by atoms with van der Waals surface area (Å²) in [5.41, 5.74) is 3.03. The zero-order valence-corrected chi connectivity index (χ0v) is 12.0. The Morgan fingerprint density at radius 2 is 2.19 bits per heavy atom. The van der Waals surface area contributed by atoms with Gasteiger partial charge in [-0.05, 0) is 49.7 Å². The lowest BCUT2D eigenvalue weighted by Gasteiger charge is -2.22. The number of hydrogen-bond donors (Lipinski definition) is 2. The maximum absolute atomic E-state index is 14.4. The van der Waals surface area contributed by atoms with Crippen LogP contribution in [0.25, 0.3) is 0 Å². The lowest BCUT2D eigenvalue weighted by atomic mass is 9.95. The van der Waals surface area contributed by atoms with E-state index in [4.69, 9.17) is 4.42 Å². The van der Waals surface area contributed by atoms with Crippen molar-refractivity contribution >= 4 is 11.6 Å². The molecule has 1 unspecified atom stereocenters. The highest BCUT2D eigenvalue weighted by atomic mass is 19.1. The molecule has 1 aromatic carbocycles. The molecular formula is C16H17FN2O2. The summed E-state index contributed by atoms with van der Waals surface area (Å²) in [7, 11) is 1.77. The number of carbonyl (C=O) groups excluding carboxylic acids is 1. The summed E-state index contributed by atoms with van der Waals surface area (Å²) in [6, 6.07) is 4.72. The average molecular weight is 288 g/mol. The third-order valence-corrected chi connectivity index (χ3v) is 3.88. The van der Waals surface area contributed by atoms with Gasteiger partial charge in [-0.15, -0.1) is 0 Å². The smallest absolute Gasteiger partial charge is 0.224 e. The monoisotopic (exact) mass is 288 g/mol. The molecule has 2 aromatic rings.